The molecule has 26 heavy (non-hydrogen) atoms. The van der Waals surface area contributed by atoms with Crippen molar-refractivity contribution in [2.75, 3.05) is 38.2 Å². The van der Waals surface area contributed by atoms with Gasteiger partial charge in [-0.05, 0) is 43.9 Å². The molecule has 0 atom stereocenters. The van der Waals surface area contributed by atoms with Crippen molar-refractivity contribution in [1.29, 1.82) is 0 Å². The summed E-state index contributed by atoms with van der Waals surface area (Å²) in [6.07, 6.45) is 3.06. The Balaban J connectivity index is 0.00000338. The minimum atomic E-state index is -0.0337. The zero-order valence-electron chi connectivity index (χ0n) is 15.4. The van der Waals surface area contributed by atoms with Crippen molar-refractivity contribution in [3.63, 3.8) is 0 Å². The number of benzene rings is 1. The molecular weight excluding hydrogens is 445 g/mol. The van der Waals surface area contributed by atoms with Crippen molar-refractivity contribution < 1.29 is 9.53 Å². The van der Waals surface area contributed by atoms with Crippen LogP contribution in [0.2, 0.25) is 0 Å². The number of nitrogens with one attached hydrogen (secondary N) is 2. The fraction of sp³-hybridized carbons (Fsp3) is 0.556. The first-order valence-electron chi connectivity index (χ1n) is 8.95. The first-order chi connectivity index (χ1) is 12.2. The van der Waals surface area contributed by atoms with Gasteiger partial charge >= 0.3 is 6.03 Å². The quantitative estimate of drug-likeness (QED) is 0.233. The van der Waals surface area contributed by atoms with Crippen LogP contribution in [0.5, 0.6) is 0 Å². The number of guanidine groups is 1. The number of urea groups is 1. The molecule has 0 spiro atoms. The minimum Gasteiger partial charge on any atom is -0.382 e. The lowest BCUT2D eigenvalue weighted by Crippen LogP contribution is -2.33. The minimum absolute atomic E-state index is 0. The van der Waals surface area contributed by atoms with E-state index in [9.17, 15) is 4.79 Å². The molecule has 0 saturated carbocycles. The number of rotatable bonds is 8. The molecule has 7 nitrogen and oxygen atoms in total. The lowest BCUT2D eigenvalue weighted by molar-refractivity contribution is 0.145. The molecule has 0 radical (unpaired) electrons. The highest BCUT2D eigenvalue weighted by atomic mass is 127. The van der Waals surface area contributed by atoms with Gasteiger partial charge in [-0.15, -0.1) is 24.0 Å². The second-order valence-corrected chi connectivity index (χ2v) is 6.00. The zero-order valence-corrected chi connectivity index (χ0v) is 17.7. The van der Waals surface area contributed by atoms with E-state index in [1.807, 2.05) is 36.1 Å². The summed E-state index contributed by atoms with van der Waals surface area (Å²) in [4.78, 5) is 18.3. The van der Waals surface area contributed by atoms with Crippen LogP contribution in [0.25, 0.3) is 0 Å². The van der Waals surface area contributed by atoms with Gasteiger partial charge in [0.15, 0.2) is 5.96 Å². The van der Waals surface area contributed by atoms with Crippen molar-refractivity contribution in [3.05, 3.63) is 29.8 Å². The Kier molecular flexibility index (Phi) is 11.0. The lowest BCUT2D eigenvalue weighted by Gasteiger charge is -2.16. The van der Waals surface area contributed by atoms with Crippen molar-refractivity contribution in [2.45, 2.75) is 32.7 Å². The van der Waals surface area contributed by atoms with Crippen LogP contribution in [0.15, 0.2) is 29.3 Å². The summed E-state index contributed by atoms with van der Waals surface area (Å²) in [6, 6.07) is 7.66. The van der Waals surface area contributed by atoms with E-state index in [1.54, 1.807) is 0 Å². The standard InChI is InChI=1S/C18H29N5O2.HI/c1-2-25-12-6-9-20-17(19)21-14-15-7-5-8-16(13-15)22-18(24)23-10-3-4-11-23;/h5,7-8,13H,2-4,6,9-12,14H2,1H3,(H,22,24)(H3,19,20,21);1H. The molecular formula is C18H30IN5O2. The topological polar surface area (TPSA) is 92.0 Å². The van der Waals surface area contributed by atoms with Gasteiger partial charge in [-0.2, -0.15) is 0 Å². The SMILES string of the molecule is CCOCCCNC(N)=NCc1cccc(NC(=O)N2CCCC2)c1.I. The number of nitrogens with two attached hydrogens (primary N) is 1. The van der Waals surface area contributed by atoms with Gasteiger partial charge in [0.25, 0.3) is 0 Å². The number of nitrogens with zero attached hydrogens (tertiary/aromatic N) is 2. The maximum absolute atomic E-state index is 12.1. The predicted molar refractivity (Wildman–Crippen MR) is 116 cm³/mol. The lowest BCUT2D eigenvalue weighted by atomic mass is 10.2. The van der Waals surface area contributed by atoms with Crippen LogP contribution < -0.4 is 16.4 Å². The molecule has 4 N–H and O–H groups in total. The van der Waals surface area contributed by atoms with E-state index in [0.717, 1.165) is 63.4 Å². The monoisotopic (exact) mass is 475 g/mol. The summed E-state index contributed by atoms with van der Waals surface area (Å²) in [6.45, 7) is 6.30. The molecule has 1 aliphatic rings. The van der Waals surface area contributed by atoms with Crippen LogP contribution in [0.4, 0.5) is 10.5 Å². The number of hydrogen-bond donors (Lipinski definition) is 3. The van der Waals surface area contributed by atoms with E-state index in [4.69, 9.17) is 10.5 Å². The van der Waals surface area contributed by atoms with Gasteiger partial charge in [-0.1, -0.05) is 12.1 Å². The van der Waals surface area contributed by atoms with Crippen LogP contribution in [0.1, 0.15) is 31.7 Å². The predicted octanol–water partition coefficient (Wildman–Crippen LogP) is 2.76. The first-order valence-corrected chi connectivity index (χ1v) is 8.95. The number of carbonyl (C=O) groups is 1. The summed E-state index contributed by atoms with van der Waals surface area (Å²) in [5, 5.41) is 6.01. The van der Waals surface area contributed by atoms with Crippen molar-refractivity contribution in [3.8, 4) is 0 Å². The Bertz CT molecular complexity index is 576. The Morgan fingerprint density at radius 1 is 1.35 bits per heavy atom. The Morgan fingerprint density at radius 3 is 2.85 bits per heavy atom. The molecule has 2 rings (SSSR count). The molecule has 0 aliphatic carbocycles. The Labute approximate surface area is 172 Å². The highest BCUT2D eigenvalue weighted by molar-refractivity contribution is 14.0. The number of ether oxygens (including phenoxy) is 1. The third-order valence-electron chi connectivity index (χ3n) is 3.98. The van der Waals surface area contributed by atoms with Crippen LogP contribution in [0.3, 0.4) is 0 Å². The Morgan fingerprint density at radius 2 is 2.12 bits per heavy atom. The normalized spacial score (nSPS) is 14.0. The molecule has 1 heterocycles. The fourth-order valence-corrected chi connectivity index (χ4v) is 2.64. The van der Waals surface area contributed by atoms with E-state index in [2.05, 4.69) is 15.6 Å². The molecule has 1 fully saturated rings. The summed E-state index contributed by atoms with van der Waals surface area (Å²) < 4.78 is 5.27. The highest BCUT2D eigenvalue weighted by Gasteiger charge is 2.17. The van der Waals surface area contributed by atoms with Crippen LogP contribution >= 0.6 is 24.0 Å². The average Bonchev–Trinajstić information content (AvgIpc) is 3.15. The van der Waals surface area contributed by atoms with Gasteiger partial charge in [0.05, 0.1) is 6.54 Å². The molecule has 1 saturated heterocycles. The maximum atomic E-state index is 12.1. The number of halogens is 1. The third-order valence-corrected chi connectivity index (χ3v) is 3.98. The van der Waals surface area contributed by atoms with Crippen molar-refractivity contribution in [2.24, 2.45) is 10.7 Å². The highest BCUT2D eigenvalue weighted by Crippen LogP contribution is 2.14. The average molecular weight is 475 g/mol. The molecule has 0 bridgehead atoms. The van der Waals surface area contributed by atoms with Crippen LogP contribution in [-0.2, 0) is 11.3 Å². The molecule has 146 valence electrons. The molecule has 2 amide bonds. The van der Waals surface area contributed by atoms with E-state index in [1.165, 1.54) is 0 Å². The van der Waals surface area contributed by atoms with Crippen LogP contribution in [0, 0.1) is 0 Å². The van der Waals surface area contributed by atoms with Crippen LogP contribution in [-0.4, -0.2) is 49.7 Å². The molecule has 1 aromatic carbocycles. The van der Waals surface area contributed by atoms with Gasteiger partial charge < -0.3 is 26.0 Å². The van der Waals surface area contributed by atoms with E-state index >= 15 is 0 Å². The van der Waals surface area contributed by atoms with Crippen molar-refractivity contribution in [1.82, 2.24) is 10.2 Å². The second-order valence-electron chi connectivity index (χ2n) is 6.00. The number of carbonyl (C=O) groups excluding carboxylic acids is 1. The second kappa shape index (κ2) is 12.7. The number of likely N-dealkylation sites (tertiary alicyclic amines) is 1. The third kappa shape index (κ3) is 8.22. The molecule has 1 aliphatic heterocycles. The number of aliphatic imine (C=N–C) groups is 1. The summed E-state index contributed by atoms with van der Waals surface area (Å²) in [7, 11) is 0. The summed E-state index contributed by atoms with van der Waals surface area (Å²) >= 11 is 0. The number of hydrogen-bond acceptors (Lipinski definition) is 3. The fourth-order valence-electron chi connectivity index (χ4n) is 2.64. The molecule has 0 unspecified atom stereocenters. The van der Waals surface area contributed by atoms with E-state index in [0.29, 0.717) is 12.5 Å². The van der Waals surface area contributed by atoms with Gasteiger partial charge in [0.2, 0.25) is 0 Å². The molecule has 0 aromatic heterocycles. The van der Waals surface area contributed by atoms with Gasteiger partial charge in [0, 0.05) is 38.5 Å². The molecule has 1 aromatic rings. The number of anilines is 1. The smallest absolute Gasteiger partial charge is 0.321 e. The van der Waals surface area contributed by atoms with Gasteiger partial charge in [0.1, 0.15) is 0 Å². The summed E-state index contributed by atoms with van der Waals surface area (Å²) in [5.41, 5.74) is 7.64. The van der Waals surface area contributed by atoms with Gasteiger partial charge in [-0.3, -0.25) is 0 Å². The Hall–Kier alpha value is -1.55. The number of amides is 2. The van der Waals surface area contributed by atoms with E-state index in [-0.39, 0.29) is 30.0 Å². The maximum Gasteiger partial charge on any atom is 0.321 e. The molecule has 8 heteroatoms. The largest absolute Gasteiger partial charge is 0.382 e. The zero-order chi connectivity index (χ0) is 17.9. The summed E-state index contributed by atoms with van der Waals surface area (Å²) in [5.74, 6) is 0.419. The van der Waals surface area contributed by atoms with Gasteiger partial charge in [-0.25, -0.2) is 9.79 Å². The first kappa shape index (κ1) is 22.5. The van der Waals surface area contributed by atoms with Crippen molar-refractivity contribution >= 4 is 41.7 Å². The van der Waals surface area contributed by atoms with E-state index < -0.39 is 0 Å².